The summed E-state index contributed by atoms with van der Waals surface area (Å²) >= 11 is 6.25. The fourth-order valence-electron chi connectivity index (χ4n) is 2.48. The second kappa shape index (κ2) is 9.31. The molecule has 0 saturated carbocycles. The molecule has 26 heavy (non-hydrogen) atoms. The van der Waals surface area contributed by atoms with E-state index in [2.05, 4.69) is 11.4 Å². The van der Waals surface area contributed by atoms with Crippen LogP contribution in [0.4, 0.5) is 0 Å². The van der Waals surface area contributed by atoms with E-state index in [-0.39, 0.29) is 6.61 Å². The number of amides is 1. The van der Waals surface area contributed by atoms with Gasteiger partial charge in [0, 0.05) is 13.1 Å². The molecule has 0 aliphatic heterocycles. The van der Waals surface area contributed by atoms with Crippen LogP contribution in [0.5, 0.6) is 17.2 Å². The van der Waals surface area contributed by atoms with Crippen molar-refractivity contribution in [1.82, 2.24) is 5.32 Å². The van der Waals surface area contributed by atoms with Gasteiger partial charge >= 0.3 is 0 Å². The van der Waals surface area contributed by atoms with Crippen LogP contribution in [0.25, 0.3) is 0 Å². The highest BCUT2D eigenvalue weighted by molar-refractivity contribution is 6.32. The zero-order valence-corrected chi connectivity index (χ0v) is 15.9. The summed E-state index contributed by atoms with van der Waals surface area (Å²) in [7, 11) is 3.17. The summed E-state index contributed by atoms with van der Waals surface area (Å²) in [5.41, 5.74) is 8.24. The molecular formula is C19H23ClN2O4. The minimum absolute atomic E-state index is 0.261. The van der Waals surface area contributed by atoms with Gasteiger partial charge in [-0.25, -0.2) is 0 Å². The van der Waals surface area contributed by atoms with Gasteiger partial charge < -0.3 is 25.3 Å². The van der Waals surface area contributed by atoms with Crippen molar-refractivity contribution in [3.05, 3.63) is 52.0 Å². The number of halogens is 1. The molecule has 0 unspecified atom stereocenters. The number of methoxy groups -OCH3 is 2. The van der Waals surface area contributed by atoms with E-state index in [0.29, 0.717) is 29.6 Å². The Kier molecular flexibility index (Phi) is 7.12. The van der Waals surface area contributed by atoms with Crippen molar-refractivity contribution in [1.29, 1.82) is 0 Å². The molecule has 0 radical (unpaired) electrons. The Morgan fingerprint density at radius 2 is 1.73 bits per heavy atom. The predicted molar refractivity (Wildman–Crippen MR) is 101 cm³/mol. The van der Waals surface area contributed by atoms with Crippen LogP contribution >= 0.6 is 11.6 Å². The van der Waals surface area contributed by atoms with Gasteiger partial charge in [0.05, 0.1) is 19.2 Å². The van der Waals surface area contributed by atoms with Crippen LogP contribution in [0.1, 0.15) is 16.7 Å². The second-order valence-electron chi connectivity index (χ2n) is 5.77. The van der Waals surface area contributed by atoms with E-state index in [1.54, 1.807) is 13.2 Å². The number of carbonyl (C=O) groups is 1. The van der Waals surface area contributed by atoms with Crippen LogP contribution in [0.3, 0.4) is 0 Å². The van der Waals surface area contributed by atoms with Crippen molar-refractivity contribution in [2.45, 2.75) is 20.0 Å². The molecule has 0 heterocycles. The van der Waals surface area contributed by atoms with E-state index < -0.39 is 5.91 Å². The molecule has 2 aromatic carbocycles. The Hall–Kier alpha value is -2.44. The molecule has 1 amide bonds. The first kappa shape index (κ1) is 19.9. The van der Waals surface area contributed by atoms with Crippen LogP contribution in [0.2, 0.25) is 5.02 Å². The third-order valence-electron chi connectivity index (χ3n) is 3.78. The standard InChI is InChI=1S/C19H23ClN2O4/c1-12-4-5-13(7-16(12)24-2)9-22-10-14-6-15(20)19(17(8-14)25-3)26-11-18(21)23/h4-8,22H,9-11H2,1-3H3,(H2,21,23). The molecule has 0 aliphatic rings. The minimum atomic E-state index is -0.581. The summed E-state index contributed by atoms with van der Waals surface area (Å²) in [6.07, 6.45) is 0. The molecule has 0 aliphatic carbocycles. The fraction of sp³-hybridized carbons (Fsp3) is 0.316. The predicted octanol–water partition coefficient (Wildman–Crippen LogP) is 2.82. The zero-order chi connectivity index (χ0) is 19.1. The number of rotatable bonds is 9. The monoisotopic (exact) mass is 378 g/mol. The van der Waals surface area contributed by atoms with Gasteiger partial charge in [-0.05, 0) is 41.8 Å². The van der Waals surface area contributed by atoms with Gasteiger partial charge in [-0.1, -0.05) is 23.7 Å². The summed E-state index contributed by atoms with van der Waals surface area (Å²) in [4.78, 5) is 10.9. The van der Waals surface area contributed by atoms with E-state index >= 15 is 0 Å². The maximum Gasteiger partial charge on any atom is 0.255 e. The molecule has 0 fully saturated rings. The van der Waals surface area contributed by atoms with Crippen molar-refractivity contribution in [3.63, 3.8) is 0 Å². The van der Waals surface area contributed by atoms with Crippen molar-refractivity contribution in [3.8, 4) is 17.2 Å². The Morgan fingerprint density at radius 3 is 2.38 bits per heavy atom. The molecule has 3 N–H and O–H groups in total. The van der Waals surface area contributed by atoms with Crippen LogP contribution in [-0.4, -0.2) is 26.7 Å². The maximum absolute atomic E-state index is 10.9. The molecular weight excluding hydrogens is 356 g/mol. The minimum Gasteiger partial charge on any atom is -0.496 e. The number of nitrogens with two attached hydrogens (primary N) is 1. The quantitative estimate of drug-likeness (QED) is 0.701. The second-order valence-corrected chi connectivity index (χ2v) is 6.18. The first-order chi connectivity index (χ1) is 12.4. The molecule has 0 aromatic heterocycles. The third-order valence-corrected chi connectivity index (χ3v) is 4.06. The van der Waals surface area contributed by atoms with Crippen molar-refractivity contribution < 1.29 is 19.0 Å². The molecule has 2 aromatic rings. The number of primary amides is 1. The van der Waals surface area contributed by atoms with Crippen LogP contribution in [-0.2, 0) is 17.9 Å². The fourth-order valence-corrected chi connectivity index (χ4v) is 2.77. The number of ether oxygens (including phenoxy) is 3. The van der Waals surface area contributed by atoms with Gasteiger partial charge in [-0.3, -0.25) is 4.79 Å². The molecule has 0 saturated heterocycles. The summed E-state index contributed by atoms with van der Waals surface area (Å²) in [5, 5.41) is 3.71. The highest BCUT2D eigenvalue weighted by Gasteiger charge is 2.13. The molecule has 6 nitrogen and oxygen atoms in total. The highest BCUT2D eigenvalue weighted by atomic mass is 35.5. The van der Waals surface area contributed by atoms with Crippen LogP contribution < -0.4 is 25.3 Å². The maximum atomic E-state index is 10.9. The number of benzene rings is 2. The van der Waals surface area contributed by atoms with E-state index in [1.807, 2.05) is 25.1 Å². The van der Waals surface area contributed by atoms with Gasteiger partial charge in [0.15, 0.2) is 18.1 Å². The van der Waals surface area contributed by atoms with Crippen molar-refractivity contribution in [2.24, 2.45) is 5.73 Å². The lowest BCUT2D eigenvalue weighted by Gasteiger charge is -2.14. The van der Waals surface area contributed by atoms with Crippen molar-refractivity contribution in [2.75, 3.05) is 20.8 Å². The van der Waals surface area contributed by atoms with Crippen molar-refractivity contribution >= 4 is 17.5 Å². The number of nitrogens with one attached hydrogen (secondary N) is 1. The van der Waals surface area contributed by atoms with E-state index in [9.17, 15) is 4.79 Å². The molecule has 0 spiro atoms. The first-order valence-electron chi connectivity index (χ1n) is 8.06. The van der Waals surface area contributed by atoms with Crippen LogP contribution in [0, 0.1) is 6.92 Å². The molecule has 140 valence electrons. The third kappa shape index (κ3) is 5.28. The number of carbonyl (C=O) groups excluding carboxylic acids is 1. The van der Waals surface area contributed by atoms with E-state index in [0.717, 1.165) is 22.4 Å². The van der Waals surface area contributed by atoms with Gasteiger partial charge in [0.25, 0.3) is 5.91 Å². The molecule has 0 bridgehead atoms. The Labute approximate surface area is 158 Å². The molecule has 2 rings (SSSR count). The van der Waals surface area contributed by atoms with Gasteiger partial charge in [-0.15, -0.1) is 0 Å². The number of hydrogen-bond donors (Lipinski definition) is 2. The lowest BCUT2D eigenvalue weighted by Crippen LogP contribution is -2.20. The topological polar surface area (TPSA) is 82.8 Å². The lowest BCUT2D eigenvalue weighted by atomic mass is 10.1. The van der Waals surface area contributed by atoms with E-state index in [1.165, 1.54) is 7.11 Å². The van der Waals surface area contributed by atoms with Gasteiger partial charge in [-0.2, -0.15) is 0 Å². The Balaban J connectivity index is 2.03. The average Bonchev–Trinajstić information content (AvgIpc) is 2.61. The largest absolute Gasteiger partial charge is 0.496 e. The summed E-state index contributed by atoms with van der Waals surface area (Å²) in [6, 6.07) is 9.67. The summed E-state index contributed by atoms with van der Waals surface area (Å²) < 4.78 is 16.0. The normalized spacial score (nSPS) is 10.5. The molecule has 0 atom stereocenters. The Bertz CT molecular complexity index is 780. The van der Waals surface area contributed by atoms with E-state index in [4.69, 9.17) is 31.5 Å². The van der Waals surface area contributed by atoms with Crippen LogP contribution in [0.15, 0.2) is 30.3 Å². The smallest absolute Gasteiger partial charge is 0.255 e. The highest BCUT2D eigenvalue weighted by Crippen LogP contribution is 2.36. The number of aryl methyl sites for hydroxylation is 1. The molecule has 7 heteroatoms. The number of hydrogen-bond acceptors (Lipinski definition) is 5. The summed E-state index contributed by atoms with van der Waals surface area (Å²) in [6.45, 7) is 3.01. The Morgan fingerprint density at radius 1 is 1.08 bits per heavy atom. The first-order valence-corrected chi connectivity index (χ1v) is 8.44. The lowest BCUT2D eigenvalue weighted by molar-refractivity contribution is -0.119. The summed E-state index contributed by atoms with van der Waals surface area (Å²) in [5.74, 6) is 1.04. The SMILES string of the molecule is COc1cc(CNCc2cc(Cl)c(OCC(N)=O)c(OC)c2)ccc1C. The average molecular weight is 379 g/mol. The van der Waals surface area contributed by atoms with Gasteiger partial charge in [0.2, 0.25) is 0 Å². The zero-order valence-electron chi connectivity index (χ0n) is 15.1. The van der Waals surface area contributed by atoms with Gasteiger partial charge in [0.1, 0.15) is 5.75 Å².